The molecule has 0 amide bonds. The molecule has 0 bridgehead atoms. The van der Waals surface area contributed by atoms with Crippen LogP contribution in [0.2, 0.25) is 5.02 Å². The second-order valence-corrected chi connectivity index (χ2v) is 7.63. The molecule has 3 rings (SSSR count). The molecule has 1 atom stereocenters. The van der Waals surface area contributed by atoms with E-state index in [9.17, 15) is 0 Å². The highest BCUT2D eigenvalue weighted by molar-refractivity contribution is 7.99. The molecular formula is C12H11Cl3N4S. The molecule has 2 aromatic rings. The fourth-order valence-electron chi connectivity index (χ4n) is 1.83. The Morgan fingerprint density at radius 3 is 2.80 bits per heavy atom. The number of thioether (sulfide) groups is 1. The number of nitrogen functional groups attached to an aromatic ring is 1. The van der Waals surface area contributed by atoms with Crippen molar-refractivity contribution in [2.24, 2.45) is 5.92 Å². The molecule has 1 unspecified atom stereocenters. The maximum Gasteiger partial charge on any atom is 0.210 e. The lowest BCUT2D eigenvalue weighted by atomic mass is 10.2. The van der Waals surface area contributed by atoms with E-state index < -0.39 is 4.33 Å². The van der Waals surface area contributed by atoms with Crippen LogP contribution in [0, 0.1) is 5.92 Å². The number of benzene rings is 1. The van der Waals surface area contributed by atoms with Crippen LogP contribution in [0.1, 0.15) is 6.42 Å². The Bertz CT molecular complexity index is 643. The van der Waals surface area contributed by atoms with Crippen molar-refractivity contribution >= 4 is 46.6 Å². The van der Waals surface area contributed by atoms with Gasteiger partial charge in [-0.25, -0.2) is 4.68 Å². The zero-order valence-electron chi connectivity index (χ0n) is 10.3. The molecule has 1 aromatic carbocycles. The van der Waals surface area contributed by atoms with Crippen molar-refractivity contribution in [3.63, 3.8) is 0 Å². The van der Waals surface area contributed by atoms with Crippen molar-refractivity contribution in [2.75, 3.05) is 11.6 Å². The van der Waals surface area contributed by atoms with Gasteiger partial charge in [0.15, 0.2) is 5.82 Å². The number of alkyl halides is 2. The van der Waals surface area contributed by atoms with Crippen molar-refractivity contribution < 1.29 is 0 Å². The minimum absolute atomic E-state index is 0.280. The largest absolute Gasteiger partial charge is 0.335 e. The van der Waals surface area contributed by atoms with Crippen molar-refractivity contribution in [3.05, 3.63) is 29.3 Å². The molecule has 1 saturated carbocycles. The lowest BCUT2D eigenvalue weighted by Gasteiger charge is -2.04. The van der Waals surface area contributed by atoms with E-state index >= 15 is 0 Å². The quantitative estimate of drug-likeness (QED) is 0.520. The molecule has 1 heterocycles. The van der Waals surface area contributed by atoms with Gasteiger partial charge in [0.05, 0.1) is 0 Å². The molecule has 106 valence electrons. The summed E-state index contributed by atoms with van der Waals surface area (Å²) in [6.45, 7) is 0. The van der Waals surface area contributed by atoms with E-state index in [0.29, 0.717) is 16.0 Å². The first kappa shape index (κ1) is 14.3. The van der Waals surface area contributed by atoms with Crippen LogP contribution in [0.15, 0.2) is 29.4 Å². The highest BCUT2D eigenvalue weighted by Crippen LogP contribution is 2.54. The highest BCUT2D eigenvalue weighted by Gasteiger charge is 2.51. The summed E-state index contributed by atoms with van der Waals surface area (Å²) in [7, 11) is 0. The van der Waals surface area contributed by atoms with Crippen molar-refractivity contribution in [2.45, 2.75) is 15.9 Å². The normalized spacial score (nSPS) is 20.1. The van der Waals surface area contributed by atoms with Gasteiger partial charge in [-0.15, -0.1) is 33.4 Å². The molecule has 0 saturated heterocycles. The molecule has 1 aliphatic carbocycles. The first-order chi connectivity index (χ1) is 9.47. The summed E-state index contributed by atoms with van der Waals surface area (Å²) in [4.78, 5) is 0. The van der Waals surface area contributed by atoms with E-state index in [1.165, 1.54) is 16.4 Å². The maximum atomic E-state index is 6.02. The molecule has 2 N–H and O–H groups in total. The molecule has 1 fully saturated rings. The Hall–Kier alpha value is -0.620. The summed E-state index contributed by atoms with van der Waals surface area (Å²) in [6, 6.07) is 7.33. The molecule has 0 spiro atoms. The molecule has 20 heavy (non-hydrogen) atoms. The summed E-state index contributed by atoms with van der Waals surface area (Å²) in [6.07, 6.45) is 0.809. The van der Waals surface area contributed by atoms with Crippen LogP contribution in [-0.2, 0) is 0 Å². The Morgan fingerprint density at radius 2 is 2.15 bits per heavy atom. The van der Waals surface area contributed by atoms with Crippen molar-refractivity contribution in [1.82, 2.24) is 14.9 Å². The second kappa shape index (κ2) is 5.30. The fraction of sp³-hybridized carbons (Fsp3) is 0.333. The Morgan fingerprint density at radius 1 is 1.40 bits per heavy atom. The van der Waals surface area contributed by atoms with Gasteiger partial charge in [0.1, 0.15) is 4.33 Å². The molecule has 0 aliphatic heterocycles. The van der Waals surface area contributed by atoms with E-state index in [-0.39, 0.29) is 5.92 Å². The van der Waals surface area contributed by atoms with Crippen LogP contribution < -0.4 is 5.84 Å². The van der Waals surface area contributed by atoms with Gasteiger partial charge in [0.2, 0.25) is 5.16 Å². The maximum absolute atomic E-state index is 6.02. The van der Waals surface area contributed by atoms with Crippen LogP contribution >= 0.6 is 46.6 Å². The summed E-state index contributed by atoms with van der Waals surface area (Å²) in [5.74, 6) is 7.65. The number of hydrogen-bond donors (Lipinski definition) is 1. The standard InChI is InChI=1S/C12H11Cl3N4S/c13-9-3-1-2-7(4-9)10-17-18-11(19(10)16)20-6-8-5-12(8,14)15/h1-4,8H,5-6,16H2. The monoisotopic (exact) mass is 348 g/mol. The Balaban J connectivity index is 1.75. The molecule has 4 nitrogen and oxygen atoms in total. The number of halogens is 3. The number of aromatic nitrogens is 3. The van der Waals surface area contributed by atoms with E-state index in [1.807, 2.05) is 12.1 Å². The summed E-state index contributed by atoms with van der Waals surface area (Å²) in [5, 5.41) is 9.46. The first-order valence-electron chi connectivity index (χ1n) is 5.94. The zero-order valence-corrected chi connectivity index (χ0v) is 13.3. The third kappa shape index (κ3) is 2.86. The van der Waals surface area contributed by atoms with Gasteiger partial charge in [-0.1, -0.05) is 35.5 Å². The Labute approximate surface area is 135 Å². The van der Waals surface area contributed by atoms with Gasteiger partial charge in [-0.05, 0) is 18.6 Å². The van der Waals surface area contributed by atoms with Crippen LogP contribution in [0.25, 0.3) is 11.4 Å². The van der Waals surface area contributed by atoms with Gasteiger partial charge in [-0.2, -0.15) is 0 Å². The number of hydrogen-bond acceptors (Lipinski definition) is 4. The van der Waals surface area contributed by atoms with Gasteiger partial charge < -0.3 is 5.84 Å². The second-order valence-electron chi connectivity index (χ2n) is 4.66. The third-order valence-corrected chi connectivity index (χ3v) is 5.38. The molecule has 8 heteroatoms. The summed E-state index contributed by atoms with van der Waals surface area (Å²) in [5.41, 5.74) is 0.829. The van der Waals surface area contributed by atoms with Crippen LogP contribution in [-0.4, -0.2) is 25.0 Å². The number of rotatable bonds is 4. The summed E-state index contributed by atoms with van der Waals surface area (Å²) >= 11 is 19.5. The number of nitrogens with two attached hydrogens (primary N) is 1. The predicted octanol–water partition coefficient (Wildman–Crippen LogP) is 3.60. The minimum atomic E-state index is -0.581. The van der Waals surface area contributed by atoms with E-state index in [4.69, 9.17) is 40.6 Å². The summed E-state index contributed by atoms with van der Waals surface area (Å²) < 4.78 is 0.880. The van der Waals surface area contributed by atoms with Crippen LogP contribution in [0.3, 0.4) is 0 Å². The minimum Gasteiger partial charge on any atom is -0.335 e. The topological polar surface area (TPSA) is 56.7 Å². The zero-order chi connectivity index (χ0) is 14.3. The average Bonchev–Trinajstić information content (AvgIpc) is 2.84. The number of nitrogens with zero attached hydrogens (tertiary/aromatic N) is 3. The van der Waals surface area contributed by atoms with Gasteiger partial charge >= 0.3 is 0 Å². The van der Waals surface area contributed by atoms with Gasteiger partial charge in [-0.3, -0.25) is 0 Å². The lowest BCUT2D eigenvalue weighted by molar-refractivity contribution is 0.844. The predicted molar refractivity (Wildman–Crippen MR) is 83.9 cm³/mol. The molecular weight excluding hydrogens is 339 g/mol. The molecule has 1 aromatic heterocycles. The van der Waals surface area contributed by atoms with E-state index in [0.717, 1.165) is 17.7 Å². The molecule has 0 radical (unpaired) electrons. The lowest BCUT2D eigenvalue weighted by Crippen LogP contribution is -2.12. The van der Waals surface area contributed by atoms with Crippen LogP contribution in [0.4, 0.5) is 0 Å². The third-order valence-electron chi connectivity index (χ3n) is 3.12. The van der Waals surface area contributed by atoms with Crippen LogP contribution in [0.5, 0.6) is 0 Å². The van der Waals surface area contributed by atoms with Gasteiger partial charge in [0.25, 0.3) is 0 Å². The first-order valence-corrected chi connectivity index (χ1v) is 8.06. The fourth-order valence-corrected chi connectivity index (χ4v) is 3.80. The van der Waals surface area contributed by atoms with E-state index in [2.05, 4.69) is 10.2 Å². The van der Waals surface area contributed by atoms with Crippen molar-refractivity contribution in [1.29, 1.82) is 0 Å². The SMILES string of the molecule is Nn1c(SCC2CC2(Cl)Cl)nnc1-c1cccc(Cl)c1. The smallest absolute Gasteiger partial charge is 0.210 e. The van der Waals surface area contributed by atoms with Gasteiger partial charge in [0, 0.05) is 22.3 Å². The van der Waals surface area contributed by atoms with E-state index in [1.54, 1.807) is 12.1 Å². The highest BCUT2D eigenvalue weighted by atomic mass is 35.5. The Kier molecular flexibility index (Phi) is 3.79. The molecule has 1 aliphatic rings. The average molecular weight is 350 g/mol. The van der Waals surface area contributed by atoms with Crippen molar-refractivity contribution in [3.8, 4) is 11.4 Å².